The molecule has 0 radical (unpaired) electrons. The van der Waals surface area contributed by atoms with Crippen LogP contribution < -0.4 is 5.32 Å². The van der Waals surface area contributed by atoms with E-state index in [1.54, 1.807) is 0 Å². The number of aromatic nitrogens is 1. The van der Waals surface area contributed by atoms with Crippen molar-refractivity contribution >= 4 is 22.8 Å². The summed E-state index contributed by atoms with van der Waals surface area (Å²) in [6, 6.07) is 10.2. The van der Waals surface area contributed by atoms with Gasteiger partial charge in [-0.15, -0.1) is 0 Å². The van der Waals surface area contributed by atoms with Gasteiger partial charge in [-0.1, -0.05) is 18.2 Å². The Bertz CT molecular complexity index is 946. The van der Waals surface area contributed by atoms with Crippen molar-refractivity contribution in [3.05, 3.63) is 41.6 Å². The van der Waals surface area contributed by atoms with Gasteiger partial charge in [-0.05, 0) is 56.6 Å². The van der Waals surface area contributed by atoms with Crippen molar-refractivity contribution < 1.29 is 14.7 Å². The van der Waals surface area contributed by atoms with Gasteiger partial charge in [-0.25, -0.2) is 0 Å². The maximum Gasteiger partial charge on any atom is 0.317 e. The molecule has 6 nitrogen and oxygen atoms in total. The molecule has 3 aliphatic rings. The molecule has 2 aromatic rings. The summed E-state index contributed by atoms with van der Waals surface area (Å²) in [4.78, 5) is 31.1. The molecule has 0 atom stereocenters. The van der Waals surface area contributed by atoms with Crippen LogP contribution in [0.2, 0.25) is 0 Å². The normalized spacial score (nSPS) is 23.8. The number of carbonyl (C=O) groups excluding carboxylic acids is 1. The fourth-order valence-electron chi connectivity index (χ4n) is 4.39. The number of rotatable bonds is 8. The summed E-state index contributed by atoms with van der Waals surface area (Å²) in [6.07, 6.45) is 6.37. The van der Waals surface area contributed by atoms with E-state index in [9.17, 15) is 14.7 Å². The fourth-order valence-corrected chi connectivity index (χ4v) is 4.39. The lowest BCUT2D eigenvalue weighted by Gasteiger charge is -2.42. The van der Waals surface area contributed by atoms with Gasteiger partial charge in [0.1, 0.15) is 0 Å². The van der Waals surface area contributed by atoms with E-state index in [0.717, 1.165) is 48.8 Å². The highest BCUT2D eigenvalue weighted by molar-refractivity contribution is 6.06. The van der Waals surface area contributed by atoms with E-state index in [0.29, 0.717) is 17.4 Å². The molecule has 1 heterocycles. The summed E-state index contributed by atoms with van der Waals surface area (Å²) >= 11 is 0. The zero-order valence-corrected chi connectivity index (χ0v) is 16.5. The molecule has 3 aliphatic carbocycles. The molecule has 3 fully saturated rings. The molecule has 1 aromatic carbocycles. The molecule has 3 saturated carbocycles. The maximum absolute atomic E-state index is 13.1. The van der Waals surface area contributed by atoms with Crippen molar-refractivity contribution in [1.29, 1.82) is 0 Å². The van der Waals surface area contributed by atoms with Gasteiger partial charge in [-0.3, -0.25) is 19.5 Å². The van der Waals surface area contributed by atoms with E-state index in [2.05, 4.69) is 10.2 Å². The van der Waals surface area contributed by atoms with Crippen LogP contribution >= 0.6 is 0 Å². The summed E-state index contributed by atoms with van der Waals surface area (Å²) in [5.41, 5.74) is 2.62. The standard InChI is InChI=1S/C23H27N3O3/c27-22(28)13-26(12-14-5-6-14)17-9-16(10-17)24-23(29)19-11-21(15-7-8-15)25-20-4-2-1-3-18(19)20/h1-4,11,14-17H,5-10,12-13H2,(H,24,29)(H,27,28). The van der Waals surface area contributed by atoms with Gasteiger partial charge in [0, 0.05) is 35.6 Å². The minimum absolute atomic E-state index is 0.0408. The molecule has 2 N–H and O–H groups in total. The van der Waals surface area contributed by atoms with Crippen LogP contribution in [-0.4, -0.2) is 52.0 Å². The van der Waals surface area contributed by atoms with Gasteiger partial charge in [-0.2, -0.15) is 0 Å². The first kappa shape index (κ1) is 18.6. The first-order valence-electron chi connectivity index (χ1n) is 10.7. The Morgan fingerprint density at radius 2 is 1.90 bits per heavy atom. The number of fused-ring (bicyclic) bond motifs is 1. The first-order valence-corrected chi connectivity index (χ1v) is 10.7. The Morgan fingerprint density at radius 1 is 1.14 bits per heavy atom. The number of nitrogens with zero attached hydrogens (tertiary/aromatic N) is 2. The molecule has 5 rings (SSSR count). The zero-order chi connectivity index (χ0) is 20.0. The number of nitrogens with one attached hydrogen (secondary N) is 1. The number of hydrogen-bond donors (Lipinski definition) is 2. The third-order valence-electron chi connectivity index (χ3n) is 6.47. The lowest BCUT2D eigenvalue weighted by atomic mass is 9.85. The van der Waals surface area contributed by atoms with Crippen LogP contribution in [0, 0.1) is 5.92 Å². The fraction of sp³-hybridized carbons (Fsp3) is 0.522. The monoisotopic (exact) mass is 393 g/mol. The second-order valence-electron chi connectivity index (χ2n) is 8.95. The maximum atomic E-state index is 13.1. The van der Waals surface area contributed by atoms with Crippen molar-refractivity contribution in [2.45, 2.75) is 56.5 Å². The highest BCUT2D eigenvalue weighted by Crippen LogP contribution is 2.40. The van der Waals surface area contributed by atoms with Crippen LogP contribution in [0.15, 0.2) is 30.3 Å². The van der Waals surface area contributed by atoms with Gasteiger partial charge < -0.3 is 10.4 Å². The van der Waals surface area contributed by atoms with Gasteiger partial charge >= 0.3 is 5.97 Å². The highest BCUT2D eigenvalue weighted by Gasteiger charge is 2.38. The summed E-state index contributed by atoms with van der Waals surface area (Å²) in [5.74, 6) is 0.341. The molecule has 0 bridgehead atoms. The van der Waals surface area contributed by atoms with E-state index in [1.165, 1.54) is 12.8 Å². The molecule has 0 unspecified atom stereocenters. The minimum Gasteiger partial charge on any atom is -0.480 e. The van der Waals surface area contributed by atoms with E-state index in [-0.39, 0.29) is 24.5 Å². The Labute approximate surface area is 170 Å². The number of aliphatic carboxylic acids is 1. The zero-order valence-electron chi connectivity index (χ0n) is 16.5. The molecular formula is C23H27N3O3. The third-order valence-corrected chi connectivity index (χ3v) is 6.47. The Balaban J connectivity index is 1.26. The SMILES string of the molecule is O=C(O)CN(CC1CC1)C1CC(NC(=O)c2cc(C3CC3)nc3ccccc23)C1. The number of carbonyl (C=O) groups is 2. The summed E-state index contributed by atoms with van der Waals surface area (Å²) < 4.78 is 0. The molecule has 0 aliphatic heterocycles. The molecular weight excluding hydrogens is 366 g/mol. The average Bonchev–Trinajstić information content (AvgIpc) is 3.56. The number of carboxylic acids is 1. The lowest BCUT2D eigenvalue weighted by Crippen LogP contribution is -2.55. The van der Waals surface area contributed by atoms with Crippen molar-refractivity contribution in [1.82, 2.24) is 15.2 Å². The van der Waals surface area contributed by atoms with E-state index >= 15 is 0 Å². The molecule has 0 saturated heterocycles. The van der Waals surface area contributed by atoms with Gasteiger partial charge in [0.25, 0.3) is 5.91 Å². The van der Waals surface area contributed by atoms with Crippen molar-refractivity contribution in [2.75, 3.05) is 13.1 Å². The largest absolute Gasteiger partial charge is 0.480 e. The predicted octanol–water partition coefficient (Wildman–Crippen LogP) is 3.17. The number of carboxylic acid groups (broad SMARTS) is 1. The van der Waals surface area contributed by atoms with Crippen LogP contribution in [0.4, 0.5) is 0 Å². The number of benzene rings is 1. The summed E-state index contributed by atoms with van der Waals surface area (Å²) in [7, 11) is 0. The molecule has 152 valence electrons. The van der Waals surface area contributed by atoms with E-state index in [4.69, 9.17) is 4.98 Å². The van der Waals surface area contributed by atoms with Gasteiger partial charge in [0.15, 0.2) is 0 Å². The molecule has 1 amide bonds. The predicted molar refractivity (Wildman–Crippen MR) is 110 cm³/mol. The Kier molecular flexibility index (Phi) is 4.74. The lowest BCUT2D eigenvalue weighted by molar-refractivity contribution is -0.139. The van der Waals surface area contributed by atoms with E-state index in [1.807, 2.05) is 30.3 Å². The van der Waals surface area contributed by atoms with Crippen molar-refractivity contribution in [3.8, 4) is 0 Å². The smallest absolute Gasteiger partial charge is 0.317 e. The second-order valence-corrected chi connectivity index (χ2v) is 8.95. The number of amides is 1. The minimum atomic E-state index is -0.769. The molecule has 0 spiro atoms. The van der Waals surface area contributed by atoms with Crippen LogP contribution in [0.3, 0.4) is 0 Å². The van der Waals surface area contributed by atoms with Crippen LogP contribution in [0.1, 0.15) is 60.5 Å². The number of para-hydroxylation sites is 1. The molecule has 6 heteroatoms. The first-order chi connectivity index (χ1) is 14.1. The number of pyridine rings is 1. The van der Waals surface area contributed by atoms with Crippen LogP contribution in [-0.2, 0) is 4.79 Å². The topological polar surface area (TPSA) is 82.5 Å². The highest BCUT2D eigenvalue weighted by atomic mass is 16.4. The van der Waals surface area contributed by atoms with Crippen LogP contribution in [0.5, 0.6) is 0 Å². The van der Waals surface area contributed by atoms with Crippen molar-refractivity contribution in [2.24, 2.45) is 5.92 Å². The summed E-state index contributed by atoms with van der Waals surface area (Å²) in [5, 5.41) is 13.3. The van der Waals surface area contributed by atoms with Gasteiger partial charge in [0.2, 0.25) is 0 Å². The average molecular weight is 393 g/mol. The quantitative estimate of drug-likeness (QED) is 0.720. The van der Waals surface area contributed by atoms with Crippen molar-refractivity contribution in [3.63, 3.8) is 0 Å². The Hall–Kier alpha value is -2.47. The van der Waals surface area contributed by atoms with Crippen LogP contribution in [0.25, 0.3) is 10.9 Å². The van der Waals surface area contributed by atoms with Gasteiger partial charge in [0.05, 0.1) is 17.6 Å². The van der Waals surface area contributed by atoms with E-state index < -0.39 is 5.97 Å². The third kappa shape index (κ3) is 4.13. The second kappa shape index (κ2) is 7.41. The molecule has 1 aromatic heterocycles. The number of hydrogen-bond acceptors (Lipinski definition) is 4. The molecule has 29 heavy (non-hydrogen) atoms. The summed E-state index contributed by atoms with van der Waals surface area (Å²) in [6.45, 7) is 0.971. The Morgan fingerprint density at radius 3 is 2.59 bits per heavy atom.